The number of rotatable bonds is 3. The van der Waals surface area contributed by atoms with Crippen LogP contribution in [0.3, 0.4) is 0 Å². The second-order valence-corrected chi connectivity index (χ2v) is 7.10. The molecule has 4 aromatic rings. The van der Waals surface area contributed by atoms with Gasteiger partial charge in [-0.15, -0.1) is 0 Å². The van der Waals surface area contributed by atoms with E-state index in [4.69, 9.17) is 11.6 Å². The minimum absolute atomic E-state index is 0.145. The maximum atomic E-state index is 13.1. The Morgan fingerprint density at radius 2 is 1.67 bits per heavy atom. The average Bonchev–Trinajstić information content (AvgIpc) is 3.18. The molecule has 2 heterocycles. The standard InChI is InChI=1S/C22H15ClF3N3O/c1-14-19(20-11-12-27-29(20)17-7-5-16(23)6-8-17)9-10-21(30)28(14)18-4-2-3-15(13-18)22(24,25)26/h2-13H,1H3. The van der Waals surface area contributed by atoms with Crippen molar-refractivity contribution in [3.8, 4) is 22.6 Å². The Kier molecular flexibility index (Phi) is 4.99. The van der Waals surface area contributed by atoms with Crippen LogP contribution in [-0.2, 0) is 6.18 Å². The van der Waals surface area contributed by atoms with Gasteiger partial charge in [0.1, 0.15) is 0 Å². The van der Waals surface area contributed by atoms with E-state index in [1.807, 2.05) is 0 Å². The highest BCUT2D eigenvalue weighted by molar-refractivity contribution is 6.30. The van der Waals surface area contributed by atoms with E-state index in [0.717, 1.165) is 17.8 Å². The van der Waals surface area contributed by atoms with Crippen LogP contribution in [0.15, 0.2) is 77.7 Å². The topological polar surface area (TPSA) is 39.8 Å². The van der Waals surface area contributed by atoms with Crippen LogP contribution in [0.5, 0.6) is 0 Å². The molecular weight excluding hydrogens is 415 g/mol. The summed E-state index contributed by atoms with van der Waals surface area (Å²) >= 11 is 5.96. The van der Waals surface area contributed by atoms with Crippen molar-refractivity contribution in [2.45, 2.75) is 13.1 Å². The van der Waals surface area contributed by atoms with Gasteiger partial charge in [-0.1, -0.05) is 17.7 Å². The summed E-state index contributed by atoms with van der Waals surface area (Å²) in [6, 6.07) is 16.5. The van der Waals surface area contributed by atoms with E-state index >= 15 is 0 Å². The zero-order valence-corrected chi connectivity index (χ0v) is 16.4. The normalized spacial score (nSPS) is 11.6. The molecule has 2 aromatic heterocycles. The molecule has 0 aliphatic rings. The predicted molar refractivity (Wildman–Crippen MR) is 109 cm³/mol. The van der Waals surface area contributed by atoms with Crippen LogP contribution in [0.4, 0.5) is 13.2 Å². The van der Waals surface area contributed by atoms with E-state index in [2.05, 4.69) is 5.10 Å². The van der Waals surface area contributed by atoms with Crippen molar-refractivity contribution >= 4 is 11.6 Å². The summed E-state index contributed by atoms with van der Waals surface area (Å²) in [6.07, 6.45) is -2.89. The summed E-state index contributed by atoms with van der Waals surface area (Å²) in [5, 5.41) is 4.93. The molecule has 0 aliphatic carbocycles. The van der Waals surface area contributed by atoms with E-state index in [9.17, 15) is 18.0 Å². The van der Waals surface area contributed by atoms with Crippen LogP contribution in [0.2, 0.25) is 5.02 Å². The molecule has 0 unspecified atom stereocenters. The molecule has 0 atom stereocenters. The number of nitrogens with zero attached hydrogens (tertiary/aromatic N) is 3. The summed E-state index contributed by atoms with van der Waals surface area (Å²) in [7, 11) is 0. The quantitative estimate of drug-likeness (QED) is 0.421. The van der Waals surface area contributed by atoms with Gasteiger partial charge in [-0.3, -0.25) is 9.36 Å². The van der Waals surface area contributed by atoms with E-state index in [-0.39, 0.29) is 5.69 Å². The third-order valence-corrected chi connectivity index (χ3v) is 5.01. The highest BCUT2D eigenvalue weighted by Gasteiger charge is 2.30. The van der Waals surface area contributed by atoms with Gasteiger partial charge < -0.3 is 0 Å². The van der Waals surface area contributed by atoms with Gasteiger partial charge in [0.2, 0.25) is 0 Å². The van der Waals surface area contributed by atoms with Crippen LogP contribution in [0.25, 0.3) is 22.6 Å². The van der Waals surface area contributed by atoms with E-state index in [0.29, 0.717) is 22.0 Å². The Labute approximate surface area is 174 Å². The molecule has 30 heavy (non-hydrogen) atoms. The molecule has 0 aliphatic heterocycles. The summed E-state index contributed by atoms with van der Waals surface area (Å²) in [5.74, 6) is 0. The van der Waals surface area contributed by atoms with Gasteiger partial charge in [0.25, 0.3) is 5.56 Å². The lowest BCUT2D eigenvalue weighted by molar-refractivity contribution is -0.137. The molecule has 0 N–H and O–H groups in total. The first-order valence-electron chi connectivity index (χ1n) is 8.96. The SMILES string of the molecule is Cc1c(-c2ccnn2-c2ccc(Cl)cc2)ccc(=O)n1-c1cccc(C(F)(F)F)c1. The van der Waals surface area contributed by atoms with Crippen molar-refractivity contribution in [1.29, 1.82) is 0 Å². The Balaban J connectivity index is 1.88. The van der Waals surface area contributed by atoms with Crippen molar-refractivity contribution < 1.29 is 13.2 Å². The van der Waals surface area contributed by atoms with Gasteiger partial charge >= 0.3 is 6.18 Å². The number of hydrogen-bond donors (Lipinski definition) is 0. The molecule has 8 heteroatoms. The summed E-state index contributed by atoms with van der Waals surface area (Å²) in [5.41, 5.74) is 1.52. The lowest BCUT2D eigenvalue weighted by Gasteiger charge is -2.16. The average molecular weight is 430 g/mol. The maximum absolute atomic E-state index is 13.1. The van der Waals surface area contributed by atoms with Gasteiger partial charge in [0.15, 0.2) is 0 Å². The van der Waals surface area contributed by atoms with Gasteiger partial charge in [0.05, 0.1) is 23.1 Å². The molecule has 4 rings (SSSR count). The van der Waals surface area contributed by atoms with Crippen LogP contribution < -0.4 is 5.56 Å². The fraction of sp³-hybridized carbons (Fsp3) is 0.0909. The Bertz CT molecular complexity index is 1270. The number of halogens is 4. The lowest BCUT2D eigenvalue weighted by atomic mass is 10.1. The molecule has 0 fully saturated rings. The first-order chi connectivity index (χ1) is 14.3. The van der Waals surface area contributed by atoms with E-state index in [1.165, 1.54) is 22.8 Å². The number of pyridine rings is 1. The van der Waals surface area contributed by atoms with Crippen molar-refractivity contribution in [1.82, 2.24) is 14.3 Å². The zero-order chi connectivity index (χ0) is 21.5. The van der Waals surface area contributed by atoms with Gasteiger partial charge in [0, 0.05) is 28.0 Å². The second-order valence-electron chi connectivity index (χ2n) is 6.66. The summed E-state index contributed by atoms with van der Waals surface area (Å²) in [6.45, 7) is 1.69. The van der Waals surface area contributed by atoms with Crippen LogP contribution in [0.1, 0.15) is 11.3 Å². The fourth-order valence-electron chi connectivity index (χ4n) is 3.34. The van der Waals surface area contributed by atoms with Crippen LogP contribution >= 0.6 is 11.6 Å². The van der Waals surface area contributed by atoms with Gasteiger partial charge in [-0.25, -0.2) is 4.68 Å². The Morgan fingerprint density at radius 3 is 2.37 bits per heavy atom. The van der Waals surface area contributed by atoms with E-state index in [1.54, 1.807) is 54.2 Å². The Morgan fingerprint density at radius 1 is 0.933 bits per heavy atom. The molecular formula is C22H15ClF3N3O. The lowest BCUT2D eigenvalue weighted by Crippen LogP contribution is -2.21. The predicted octanol–water partition coefficient (Wildman–Crippen LogP) is 5.67. The first kappa shape index (κ1) is 20.0. The number of benzene rings is 2. The third-order valence-electron chi connectivity index (χ3n) is 4.76. The highest BCUT2D eigenvalue weighted by atomic mass is 35.5. The fourth-order valence-corrected chi connectivity index (χ4v) is 3.47. The molecule has 0 bridgehead atoms. The van der Waals surface area contributed by atoms with Crippen molar-refractivity contribution in [3.63, 3.8) is 0 Å². The Hall–Kier alpha value is -3.32. The molecule has 0 radical (unpaired) electrons. The number of aromatic nitrogens is 3. The second kappa shape index (κ2) is 7.50. The zero-order valence-electron chi connectivity index (χ0n) is 15.7. The number of hydrogen-bond acceptors (Lipinski definition) is 2. The smallest absolute Gasteiger partial charge is 0.281 e. The largest absolute Gasteiger partial charge is 0.416 e. The minimum atomic E-state index is -4.50. The van der Waals surface area contributed by atoms with Crippen molar-refractivity contribution in [3.05, 3.63) is 99.6 Å². The molecule has 0 saturated carbocycles. The monoisotopic (exact) mass is 429 g/mol. The molecule has 0 spiro atoms. The highest BCUT2D eigenvalue weighted by Crippen LogP contribution is 2.31. The molecule has 0 amide bonds. The first-order valence-corrected chi connectivity index (χ1v) is 9.34. The van der Waals surface area contributed by atoms with Crippen LogP contribution in [-0.4, -0.2) is 14.3 Å². The van der Waals surface area contributed by atoms with Gasteiger partial charge in [-0.2, -0.15) is 18.3 Å². The van der Waals surface area contributed by atoms with E-state index < -0.39 is 17.3 Å². The molecule has 4 nitrogen and oxygen atoms in total. The summed E-state index contributed by atoms with van der Waals surface area (Å²) in [4.78, 5) is 12.6. The minimum Gasteiger partial charge on any atom is -0.281 e. The maximum Gasteiger partial charge on any atom is 0.416 e. The molecule has 152 valence electrons. The number of alkyl halides is 3. The van der Waals surface area contributed by atoms with Crippen LogP contribution in [0, 0.1) is 6.92 Å². The summed E-state index contributed by atoms with van der Waals surface area (Å²) < 4.78 is 42.4. The van der Waals surface area contributed by atoms with Crippen molar-refractivity contribution in [2.75, 3.05) is 0 Å². The van der Waals surface area contributed by atoms with Crippen molar-refractivity contribution in [2.24, 2.45) is 0 Å². The third kappa shape index (κ3) is 3.64. The molecule has 0 saturated heterocycles. The molecule has 2 aromatic carbocycles. The van der Waals surface area contributed by atoms with Gasteiger partial charge in [-0.05, 0) is 61.5 Å².